The molecule has 0 aliphatic carbocycles. The van der Waals surface area contributed by atoms with Crippen LogP contribution in [0, 0.1) is 0 Å². The molecule has 0 spiro atoms. The lowest BCUT2D eigenvalue weighted by Crippen LogP contribution is -2.55. The molecule has 2 heterocycles. The number of benzene rings is 2. The molecule has 10 heteroatoms. The van der Waals surface area contributed by atoms with E-state index in [0.29, 0.717) is 17.1 Å². The fourth-order valence-corrected chi connectivity index (χ4v) is 6.58. The highest BCUT2D eigenvalue weighted by molar-refractivity contribution is 7.89. The molecule has 0 saturated carbocycles. The summed E-state index contributed by atoms with van der Waals surface area (Å²) in [7, 11) is -2.52. The van der Waals surface area contributed by atoms with Crippen LogP contribution in [0.4, 0.5) is 0 Å². The number of methoxy groups -OCH3 is 1. The van der Waals surface area contributed by atoms with Crippen molar-refractivity contribution in [2.45, 2.75) is 63.8 Å². The number of rotatable bonds is 6. The number of esters is 1. The van der Waals surface area contributed by atoms with Gasteiger partial charge in [0.05, 0.1) is 17.7 Å². The monoisotopic (exact) mass is 578 g/mol. The second-order valence-electron chi connectivity index (χ2n) is 11.7. The van der Waals surface area contributed by atoms with E-state index in [1.54, 1.807) is 24.0 Å². The molecule has 1 aromatic heterocycles. The molecule has 1 fully saturated rings. The summed E-state index contributed by atoms with van der Waals surface area (Å²) in [6.07, 6.45) is 0. The van der Waals surface area contributed by atoms with Gasteiger partial charge in [0.15, 0.2) is 5.82 Å². The summed E-state index contributed by atoms with van der Waals surface area (Å²) in [5.74, 6) is -1.01. The minimum absolute atomic E-state index is 0.0359. The van der Waals surface area contributed by atoms with Gasteiger partial charge >= 0.3 is 5.97 Å². The van der Waals surface area contributed by atoms with Crippen LogP contribution in [0.3, 0.4) is 0 Å². The molecule has 41 heavy (non-hydrogen) atoms. The maximum Gasteiger partial charge on any atom is 0.342 e. The summed E-state index contributed by atoms with van der Waals surface area (Å²) in [5.41, 5.74) is 2.07. The Kier molecular flexibility index (Phi) is 8.65. The van der Waals surface area contributed by atoms with Gasteiger partial charge in [-0.2, -0.15) is 4.31 Å². The molecule has 1 aliphatic heterocycles. The Bertz CT molecular complexity index is 1530. The summed E-state index contributed by atoms with van der Waals surface area (Å²) in [6, 6.07) is 15.7. The van der Waals surface area contributed by atoms with Gasteiger partial charge in [0.2, 0.25) is 10.0 Å². The number of nitrogens with zero attached hydrogens (tertiary/aromatic N) is 4. The van der Waals surface area contributed by atoms with Gasteiger partial charge in [-0.05, 0) is 36.0 Å². The maximum atomic E-state index is 14.0. The normalized spacial score (nSPS) is 16.6. The number of piperazine rings is 1. The fraction of sp³-hybridized carbons (Fsp3) is 0.419. The van der Waals surface area contributed by atoms with Crippen LogP contribution in [0.5, 0.6) is 0 Å². The predicted octanol–water partition coefficient (Wildman–Crippen LogP) is 4.89. The SMILES string of the molecule is COC(=O)c1c(C(=O)N2CCN(S(=O)(=O)c3ccc(C(C)(C)C)cc3)C(C)C2)nc(-c2ccccc2)nc1C(C)C. The van der Waals surface area contributed by atoms with Gasteiger partial charge in [-0.25, -0.2) is 23.2 Å². The molecule has 1 amide bonds. The van der Waals surface area contributed by atoms with E-state index < -0.39 is 27.9 Å². The molecule has 0 N–H and O–H groups in total. The summed E-state index contributed by atoms with van der Waals surface area (Å²) in [4.78, 5) is 37.9. The van der Waals surface area contributed by atoms with Gasteiger partial charge in [-0.3, -0.25) is 4.79 Å². The smallest absolute Gasteiger partial charge is 0.342 e. The Morgan fingerprint density at radius 2 is 1.61 bits per heavy atom. The summed E-state index contributed by atoms with van der Waals surface area (Å²) in [5, 5.41) is 0. The third-order valence-electron chi connectivity index (χ3n) is 7.29. The van der Waals surface area contributed by atoms with Gasteiger partial charge in [0.25, 0.3) is 5.91 Å². The molecular weight excluding hydrogens is 540 g/mol. The molecule has 0 bridgehead atoms. The molecule has 0 radical (unpaired) electrons. The molecule has 1 aliphatic rings. The van der Waals surface area contributed by atoms with E-state index in [0.717, 1.165) is 5.56 Å². The average molecular weight is 579 g/mol. The number of carbonyl (C=O) groups is 2. The Balaban J connectivity index is 1.66. The van der Waals surface area contributed by atoms with E-state index in [9.17, 15) is 18.0 Å². The van der Waals surface area contributed by atoms with Crippen molar-refractivity contribution < 1.29 is 22.7 Å². The molecule has 1 atom stereocenters. The minimum Gasteiger partial charge on any atom is -0.465 e. The molecule has 1 saturated heterocycles. The van der Waals surface area contributed by atoms with E-state index in [4.69, 9.17) is 4.74 Å². The molecule has 9 nitrogen and oxygen atoms in total. The Hall–Kier alpha value is -3.63. The van der Waals surface area contributed by atoms with Crippen molar-refractivity contribution in [3.8, 4) is 11.4 Å². The van der Waals surface area contributed by atoms with Crippen LogP contribution in [-0.2, 0) is 20.2 Å². The molecule has 4 rings (SSSR count). The van der Waals surface area contributed by atoms with Crippen LogP contribution in [0.1, 0.15) is 79.6 Å². The topological polar surface area (TPSA) is 110 Å². The predicted molar refractivity (Wildman–Crippen MR) is 157 cm³/mol. The zero-order chi connectivity index (χ0) is 30.1. The van der Waals surface area contributed by atoms with E-state index in [2.05, 4.69) is 30.7 Å². The third kappa shape index (κ3) is 6.18. The summed E-state index contributed by atoms with van der Waals surface area (Å²) in [6.45, 7) is 12.2. The van der Waals surface area contributed by atoms with Crippen molar-refractivity contribution in [1.29, 1.82) is 0 Å². The Labute approximate surface area is 242 Å². The highest BCUT2D eigenvalue weighted by atomic mass is 32.2. The van der Waals surface area contributed by atoms with Gasteiger partial charge in [0, 0.05) is 31.2 Å². The van der Waals surface area contributed by atoms with Gasteiger partial charge < -0.3 is 9.64 Å². The zero-order valence-electron chi connectivity index (χ0n) is 24.7. The van der Waals surface area contributed by atoms with Crippen LogP contribution >= 0.6 is 0 Å². The zero-order valence-corrected chi connectivity index (χ0v) is 25.5. The molecule has 2 aromatic carbocycles. The number of ether oxygens (including phenoxy) is 1. The molecule has 1 unspecified atom stereocenters. The lowest BCUT2D eigenvalue weighted by Gasteiger charge is -2.39. The van der Waals surface area contributed by atoms with Crippen molar-refractivity contribution in [1.82, 2.24) is 19.2 Å². The van der Waals surface area contributed by atoms with Crippen molar-refractivity contribution in [3.63, 3.8) is 0 Å². The first kappa shape index (κ1) is 30.3. The average Bonchev–Trinajstić information content (AvgIpc) is 2.95. The van der Waals surface area contributed by atoms with Crippen molar-refractivity contribution in [3.05, 3.63) is 77.1 Å². The number of amides is 1. The number of sulfonamides is 1. The number of carbonyl (C=O) groups excluding carboxylic acids is 2. The first-order valence-corrected chi connectivity index (χ1v) is 15.2. The third-order valence-corrected chi connectivity index (χ3v) is 9.32. The highest BCUT2D eigenvalue weighted by Gasteiger charge is 2.38. The van der Waals surface area contributed by atoms with Crippen LogP contribution < -0.4 is 0 Å². The maximum absolute atomic E-state index is 14.0. The fourth-order valence-electron chi connectivity index (χ4n) is 4.96. The summed E-state index contributed by atoms with van der Waals surface area (Å²) >= 11 is 0. The highest BCUT2D eigenvalue weighted by Crippen LogP contribution is 2.29. The Morgan fingerprint density at radius 1 is 0.976 bits per heavy atom. The number of hydrogen-bond donors (Lipinski definition) is 0. The van der Waals surface area contributed by atoms with E-state index in [-0.39, 0.29) is 47.1 Å². The van der Waals surface area contributed by atoms with Crippen LogP contribution in [0.2, 0.25) is 0 Å². The Morgan fingerprint density at radius 3 is 2.15 bits per heavy atom. The first-order chi connectivity index (χ1) is 19.3. The van der Waals surface area contributed by atoms with Crippen molar-refractivity contribution >= 4 is 21.9 Å². The van der Waals surface area contributed by atoms with Crippen molar-refractivity contribution in [2.75, 3.05) is 26.7 Å². The second kappa shape index (κ2) is 11.7. The second-order valence-corrected chi connectivity index (χ2v) is 13.5. The van der Waals surface area contributed by atoms with E-state index in [1.807, 2.05) is 56.3 Å². The van der Waals surface area contributed by atoms with Gasteiger partial charge in [-0.15, -0.1) is 0 Å². The van der Waals surface area contributed by atoms with Crippen LogP contribution in [0.25, 0.3) is 11.4 Å². The summed E-state index contributed by atoms with van der Waals surface area (Å²) < 4.78 is 33.6. The molecular formula is C31H38N4O5S. The van der Waals surface area contributed by atoms with Gasteiger partial charge in [0.1, 0.15) is 11.3 Å². The van der Waals surface area contributed by atoms with Gasteiger partial charge in [-0.1, -0.05) is 77.1 Å². The largest absolute Gasteiger partial charge is 0.465 e. The first-order valence-electron chi connectivity index (χ1n) is 13.7. The number of hydrogen-bond acceptors (Lipinski definition) is 7. The minimum atomic E-state index is -3.78. The standard InChI is InChI=1S/C31H38N4O5S/c1-20(2)26-25(30(37)40-7)27(33-28(32-26)22-11-9-8-10-12-22)29(36)34-17-18-35(21(3)19-34)41(38,39)24-15-13-23(14-16-24)31(4,5)6/h8-16,20-21H,17-19H2,1-7H3. The quantitative estimate of drug-likeness (QED) is 0.383. The van der Waals surface area contributed by atoms with Crippen molar-refractivity contribution in [2.24, 2.45) is 0 Å². The van der Waals surface area contributed by atoms with Crippen LogP contribution in [0.15, 0.2) is 59.5 Å². The molecule has 3 aromatic rings. The number of aromatic nitrogens is 2. The lowest BCUT2D eigenvalue weighted by atomic mass is 9.87. The molecule has 218 valence electrons. The van der Waals surface area contributed by atoms with E-state index >= 15 is 0 Å². The van der Waals surface area contributed by atoms with Crippen LogP contribution in [-0.4, -0.2) is 72.3 Å². The van der Waals surface area contributed by atoms with E-state index in [1.165, 1.54) is 11.4 Å². The lowest BCUT2D eigenvalue weighted by molar-refractivity contribution is 0.0569.